The van der Waals surface area contributed by atoms with E-state index in [0.717, 1.165) is 5.56 Å². The molecule has 16 heavy (non-hydrogen) atoms. The fourth-order valence-corrected chi connectivity index (χ4v) is 1.56. The van der Waals surface area contributed by atoms with Gasteiger partial charge in [-0.2, -0.15) is 0 Å². The molecule has 2 rings (SSSR count). The minimum Gasteiger partial charge on any atom is -0.464 e. The first kappa shape index (κ1) is 10.5. The highest BCUT2D eigenvalue weighted by molar-refractivity contribution is 6.00. The topological polar surface area (TPSA) is 33.5 Å². The van der Waals surface area contributed by atoms with Crippen molar-refractivity contribution in [2.75, 3.05) is 14.1 Å². The number of amides is 1. The van der Waals surface area contributed by atoms with Crippen molar-refractivity contribution < 1.29 is 9.21 Å². The highest BCUT2D eigenvalue weighted by Crippen LogP contribution is 2.24. The van der Waals surface area contributed by atoms with Crippen LogP contribution in [0.4, 0.5) is 0 Å². The van der Waals surface area contributed by atoms with Gasteiger partial charge in [0.1, 0.15) is 5.76 Å². The molecule has 2 aromatic rings. The fraction of sp³-hybridized carbons (Fsp3) is 0.154. The molecule has 0 radical (unpaired) electrons. The third-order valence-electron chi connectivity index (χ3n) is 2.35. The quantitative estimate of drug-likeness (QED) is 0.771. The molecule has 0 fully saturated rings. The van der Waals surface area contributed by atoms with E-state index in [0.29, 0.717) is 11.3 Å². The Balaban J connectivity index is 2.51. The van der Waals surface area contributed by atoms with Gasteiger partial charge in [0, 0.05) is 19.7 Å². The minimum atomic E-state index is -0.0213. The second-order valence-corrected chi connectivity index (χ2v) is 3.72. The summed E-state index contributed by atoms with van der Waals surface area (Å²) < 4.78 is 5.32. The van der Waals surface area contributed by atoms with Crippen molar-refractivity contribution in [2.45, 2.75) is 0 Å². The molecule has 82 valence electrons. The Kier molecular flexibility index (Phi) is 2.77. The van der Waals surface area contributed by atoms with Gasteiger partial charge in [-0.25, -0.2) is 0 Å². The lowest BCUT2D eigenvalue weighted by Crippen LogP contribution is -2.22. The number of nitrogens with zero attached hydrogens (tertiary/aromatic N) is 1. The highest BCUT2D eigenvalue weighted by Gasteiger charge is 2.14. The molecule has 0 atom stereocenters. The van der Waals surface area contributed by atoms with E-state index in [1.807, 2.05) is 30.3 Å². The van der Waals surface area contributed by atoms with E-state index in [2.05, 4.69) is 0 Å². The van der Waals surface area contributed by atoms with Gasteiger partial charge in [-0.1, -0.05) is 18.2 Å². The van der Waals surface area contributed by atoms with Crippen LogP contribution in [0, 0.1) is 0 Å². The summed E-state index contributed by atoms with van der Waals surface area (Å²) in [5, 5.41) is 0. The lowest BCUT2D eigenvalue weighted by atomic mass is 10.0. The molecule has 0 spiro atoms. The van der Waals surface area contributed by atoms with Crippen molar-refractivity contribution in [1.82, 2.24) is 4.90 Å². The molecule has 0 aliphatic rings. The average Bonchev–Trinajstić information content (AvgIpc) is 2.81. The second-order valence-electron chi connectivity index (χ2n) is 3.72. The first-order valence-electron chi connectivity index (χ1n) is 5.04. The van der Waals surface area contributed by atoms with Crippen molar-refractivity contribution in [1.29, 1.82) is 0 Å². The van der Waals surface area contributed by atoms with Crippen LogP contribution < -0.4 is 0 Å². The van der Waals surface area contributed by atoms with Crippen LogP contribution in [-0.4, -0.2) is 24.9 Å². The predicted octanol–water partition coefficient (Wildman–Crippen LogP) is 2.65. The molecule has 0 unspecified atom stereocenters. The van der Waals surface area contributed by atoms with Gasteiger partial charge in [0.05, 0.1) is 11.8 Å². The predicted molar refractivity (Wildman–Crippen MR) is 62.2 cm³/mol. The molecule has 0 saturated carbocycles. The van der Waals surface area contributed by atoms with Crippen LogP contribution in [0.1, 0.15) is 10.4 Å². The third-order valence-corrected chi connectivity index (χ3v) is 2.35. The smallest absolute Gasteiger partial charge is 0.254 e. The number of hydrogen-bond donors (Lipinski definition) is 0. The standard InChI is InChI=1S/C13H13NO2/c1-14(2)13(15)11-7-4-3-6-10(11)12-8-5-9-16-12/h3-9H,1-2H3. The van der Waals surface area contributed by atoms with Crippen LogP contribution >= 0.6 is 0 Å². The summed E-state index contributed by atoms with van der Waals surface area (Å²) in [5.41, 5.74) is 1.48. The van der Waals surface area contributed by atoms with Gasteiger partial charge < -0.3 is 9.32 Å². The number of furan rings is 1. The second kappa shape index (κ2) is 4.23. The van der Waals surface area contributed by atoms with Gasteiger partial charge in [0.2, 0.25) is 0 Å². The number of hydrogen-bond acceptors (Lipinski definition) is 2. The first-order chi connectivity index (χ1) is 7.70. The van der Waals surface area contributed by atoms with Crippen molar-refractivity contribution in [3.8, 4) is 11.3 Å². The summed E-state index contributed by atoms with van der Waals surface area (Å²) in [6.07, 6.45) is 1.60. The van der Waals surface area contributed by atoms with E-state index in [4.69, 9.17) is 4.42 Å². The lowest BCUT2D eigenvalue weighted by Gasteiger charge is -2.12. The highest BCUT2D eigenvalue weighted by atomic mass is 16.3. The fourth-order valence-electron chi connectivity index (χ4n) is 1.56. The number of benzene rings is 1. The molecule has 0 aliphatic heterocycles. The van der Waals surface area contributed by atoms with Gasteiger partial charge in [0.15, 0.2) is 0 Å². The maximum absolute atomic E-state index is 11.9. The van der Waals surface area contributed by atoms with Gasteiger partial charge in [0.25, 0.3) is 5.91 Å². The lowest BCUT2D eigenvalue weighted by molar-refractivity contribution is 0.0828. The molecule has 0 bridgehead atoms. The summed E-state index contributed by atoms with van der Waals surface area (Å²) in [6.45, 7) is 0. The van der Waals surface area contributed by atoms with Crippen molar-refractivity contribution in [3.63, 3.8) is 0 Å². The van der Waals surface area contributed by atoms with Gasteiger partial charge in [-0.05, 0) is 18.2 Å². The Morgan fingerprint density at radius 2 is 1.88 bits per heavy atom. The largest absolute Gasteiger partial charge is 0.464 e. The molecule has 1 heterocycles. The zero-order valence-corrected chi connectivity index (χ0v) is 9.31. The zero-order chi connectivity index (χ0) is 11.5. The van der Waals surface area contributed by atoms with Crippen LogP contribution in [-0.2, 0) is 0 Å². The van der Waals surface area contributed by atoms with Gasteiger partial charge in [-0.3, -0.25) is 4.79 Å². The maximum Gasteiger partial charge on any atom is 0.254 e. The van der Waals surface area contributed by atoms with Crippen molar-refractivity contribution >= 4 is 5.91 Å². The number of rotatable bonds is 2. The Morgan fingerprint density at radius 1 is 1.12 bits per heavy atom. The average molecular weight is 215 g/mol. The molecule has 0 aliphatic carbocycles. The van der Waals surface area contributed by atoms with E-state index >= 15 is 0 Å². The minimum absolute atomic E-state index is 0.0213. The van der Waals surface area contributed by atoms with Crippen molar-refractivity contribution in [3.05, 3.63) is 48.2 Å². The monoisotopic (exact) mass is 215 g/mol. The molecular formula is C13H13NO2. The van der Waals surface area contributed by atoms with Crippen LogP contribution in [0.5, 0.6) is 0 Å². The molecular weight excluding hydrogens is 202 g/mol. The van der Waals surface area contributed by atoms with Crippen molar-refractivity contribution in [2.24, 2.45) is 0 Å². The molecule has 0 saturated heterocycles. The van der Waals surface area contributed by atoms with Gasteiger partial charge >= 0.3 is 0 Å². The molecule has 3 heteroatoms. The maximum atomic E-state index is 11.9. The Hall–Kier alpha value is -2.03. The van der Waals surface area contributed by atoms with E-state index in [-0.39, 0.29) is 5.91 Å². The molecule has 1 aromatic heterocycles. The van der Waals surface area contributed by atoms with Gasteiger partial charge in [-0.15, -0.1) is 0 Å². The SMILES string of the molecule is CN(C)C(=O)c1ccccc1-c1ccco1. The van der Waals surface area contributed by atoms with E-state index in [1.54, 1.807) is 31.3 Å². The van der Waals surface area contributed by atoms with Crippen LogP contribution in [0.3, 0.4) is 0 Å². The van der Waals surface area contributed by atoms with Crippen LogP contribution in [0.15, 0.2) is 47.1 Å². The summed E-state index contributed by atoms with van der Waals surface area (Å²) in [5.74, 6) is 0.692. The summed E-state index contributed by atoms with van der Waals surface area (Å²) in [4.78, 5) is 13.5. The molecule has 3 nitrogen and oxygen atoms in total. The van der Waals surface area contributed by atoms with E-state index in [9.17, 15) is 4.79 Å². The van der Waals surface area contributed by atoms with E-state index < -0.39 is 0 Å². The number of carbonyl (C=O) groups excluding carboxylic acids is 1. The third kappa shape index (κ3) is 1.84. The normalized spacial score (nSPS) is 10.1. The Labute approximate surface area is 94.3 Å². The van der Waals surface area contributed by atoms with Crippen LogP contribution in [0.2, 0.25) is 0 Å². The summed E-state index contributed by atoms with van der Waals surface area (Å²) in [7, 11) is 3.47. The summed E-state index contributed by atoms with van der Waals surface area (Å²) >= 11 is 0. The molecule has 1 aromatic carbocycles. The Bertz CT molecular complexity index is 486. The first-order valence-corrected chi connectivity index (χ1v) is 5.04. The molecule has 0 N–H and O–H groups in total. The Morgan fingerprint density at radius 3 is 2.50 bits per heavy atom. The zero-order valence-electron chi connectivity index (χ0n) is 9.31. The molecule has 1 amide bonds. The van der Waals surface area contributed by atoms with Crippen LogP contribution in [0.25, 0.3) is 11.3 Å². The van der Waals surface area contributed by atoms with E-state index in [1.165, 1.54) is 0 Å². The summed E-state index contributed by atoms with van der Waals surface area (Å²) in [6, 6.07) is 11.1. The number of carbonyl (C=O) groups is 1.